The molecule has 1 unspecified atom stereocenters. The van der Waals surface area contributed by atoms with Gasteiger partial charge in [0.2, 0.25) is 0 Å². The normalized spacial score (nSPS) is 21.0. The smallest absolute Gasteiger partial charge is 0.343 e. The van der Waals surface area contributed by atoms with Crippen molar-refractivity contribution in [2.75, 3.05) is 26.7 Å². The van der Waals surface area contributed by atoms with Crippen molar-refractivity contribution >= 4 is 18.4 Å². The molecule has 0 aromatic heterocycles. The molecule has 1 aromatic carbocycles. The first-order chi connectivity index (χ1) is 11.1. The Morgan fingerprint density at radius 3 is 2.58 bits per heavy atom. The van der Waals surface area contributed by atoms with E-state index in [4.69, 9.17) is 4.74 Å². The number of rotatable bonds is 5. The highest BCUT2D eigenvalue weighted by Gasteiger charge is 2.49. The van der Waals surface area contributed by atoms with Gasteiger partial charge in [-0.05, 0) is 37.4 Å². The van der Waals surface area contributed by atoms with Crippen LogP contribution < -0.4 is 0 Å². The van der Waals surface area contributed by atoms with Gasteiger partial charge in [0, 0.05) is 19.0 Å². The predicted molar refractivity (Wildman–Crippen MR) is 96.1 cm³/mol. The molecule has 1 aliphatic carbocycles. The molecule has 132 valence electrons. The zero-order chi connectivity index (χ0) is 16.3. The van der Waals surface area contributed by atoms with Crippen LogP contribution in [0.15, 0.2) is 42.0 Å². The lowest BCUT2D eigenvalue weighted by atomic mass is 9.69. The SMILES string of the molecule is CN1CC=C(COC(=O)C(O)(c2ccccc2)C2CCC2)CC1.Cl. The fraction of sp³-hybridized carbons (Fsp3) is 0.526. The Hall–Kier alpha value is -1.36. The summed E-state index contributed by atoms with van der Waals surface area (Å²) in [6.45, 7) is 2.15. The Morgan fingerprint density at radius 1 is 1.33 bits per heavy atom. The lowest BCUT2D eigenvalue weighted by molar-refractivity contribution is -0.177. The summed E-state index contributed by atoms with van der Waals surface area (Å²) < 4.78 is 5.52. The molecule has 0 radical (unpaired) electrons. The zero-order valence-electron chi connectivity index (χ0n) is 14.1. The number of aliphatic hydroxyl groups is 1. The molecule has 4 nitrogen and oxygen atoms in total. The fourth-order valence-electron chi connectivity index (χ4n) is 3.25. The third-order valence-corrected chi connectivity index (χ3v) is 5.12. The van der Waals surface area contributed by atoms with E-state index in [9.17, 15) is 9.90 Å². The van der Waals surface area contributed by atoms with E-state index in [-0.39, 0.29) is 24.9 Å². The maximum Gasteiger partial charge on any atom is 0.343 e. The molecule has 0 bridgehead atoms. The molecule has 0 spiro atoms. The summed E-state index contributed by atoms with van der Waals surface area (Å²) in [6.07, 6.45) is 5.82. The van der Waals surface area contributed by atoms with Crippen LogP contribution in [0.3, 0.4) is 0 Å². The lowest BCUT2D eigenvalue weighted by Gasteiger charge is -2.39. The van der Waals surface area contributed by atoms with E-state index in [1.807, 2.05) is 30.3 Å². The predicted octanol–water partition coefficient (Wildman–Crippen LogP) is 2.90. The third-order valence-electron chi connectivity index (χ3n) is 5.12. The van der Waals surface area contributed by atoms with Crippen LogP contribution in [0.4, 0.5) is 0 Å². The molecule has 1 N–H and O–H groups in total. The molecule has 5 heteroatoms. The average molecular weight is 352 g/mol. The van der Waals surface area contributed by atoms with Gasteiger partial charge < -0.3 is 14.7 Å². The molecule has 1 saturated carbocycles. The standard InChI is InChI=1S/C19H25NO3.ClH/c1-20-12-10-15(11-13-20)14-23-18(21)19(22,17-8-5-9-17)16-6-3-2-4-7-16;/h2-4,6-7,10,17,22H,5,8-9,11-14H2,1H3;1H. The summed E-state index contributed by atoms with van der Waals surface area (Å²) in [6, 6.07) is 9.22. The van der Waals surface area contributed by atoms with Crippen molar-refractivity contribution in [3.05, 3.63) is 47.5 Å². The Kier molecular flexibility index (Phi) is 6.44. The van der Waals surface area contributed by atoms with Crippen molar-refractivity contribution in [3.63, 3.8) is 0 Å². The average Bonchev–Trinajstić information content (AvgIpc) is 2.53. The van der Waals surface area contributed by atoms with E-state index >= 15 is 0 Å². The van der Waals surface area contributed by atoms with Crippen LogP contribution >= 0.6 is 12.4 Å². The van der Waals surface area contributed by atoms with Gasteiger partial charge in [-0.3, -0.25) is 0 Å². The minimum atomic E-state index is -1.51. The van der Waals surface area contributed by atoms with E-state index in [0.29, 0.717) is 5.56 Å². The molecule has 0 amide bonds. The van der Waals surface area contributed by atoms with Gasteiger partial charge in [-0.25, -0.2) is 4.79 Å². The first-order valence-electron chi connectivity index (χ1n) is 8.42. The molecule has 1 heterocycles. The number of hydrogen-bond donors (Lipinski definition) is 1. The van der Waals surface area contributed by atoms with E-state index in [2.05, 4.69) is 18.0 Å². The van der Waals surface area contributed by atoms with Crippen molar-refractivity contribution < 1.29 is 14.6 Å². The second kappa shape index (κ2) is 8.15. The number of carbonyl (C=O) groups excluding carboxylic acids is 1. The van der Waals surface area contributed by atoms with Crippen molar-refractivity contribution in [3.8, 4) is 0 Å². The Bertz CT molecular complexity index is 586. The van der Waals surface area contributed by atoms with Crippen LogP contribution in [0.1, 0.15) is 31.2 Å². The number of ether oxygens (including phenoxy) is 1. The maximum absolute atomic E-state index is 12.7. The molecule has 2 aliphatic rings. The summed E-state index contributed by atoms with van der Waals surface area (Å²) in [5.41, 5.74) is 0.276. The van der Waals surface area contributed by atoms with Gasteiger partial charge >= 0.3 is 5.97 Å². The van der Waals surface area contributed by atoms with Crippen LogP contribution in [0, 0.1) is 5.92 Å². The van der Waals surface area contributed by atoms with E-state index in [0.717, 1.165) is 44.3 Å². The van der Waals surface area contributed by atoms with Crippen LogP contribution in [0.25, 0.3) is 0 Å². The van der Waals surface area contributed by atoms with Gasteiger partial charge in [-0.1, -0.05) is 42.8 Å². The zero-order valence-corrected chi connectivity index (χ0v) is 14.9. The van der Waals surface area contributed by atoms with Crippen molar-refractivity contribution in [1.29, 1.82) is 0 Å². The Labute approximate surface area is 149 Å². The van der Waals surface area contributed by atoms with Crippen LogP contribution in [0.5, 0.6) is 0 Å². The largest absolute Gasteiger partial charge is 0.459 e. The topological polar surface area (TPSA) is 49.8 Å². The molecular formula is C19H26ClNO3. The fourth-order valence-corrected chi connectivity index (χ4v) is 3.25. The van der Waals surface area contributed by atoms with E-state index in [1.165, 1.54) is 0 Å². The highest BCUT2D eigenvalue weighted by atomic mass is 35.5. The van der Waals surface area contributed by atoms with Crippen LogP contribution in [0.2, 0.25) is 0 Å². The van der Waals surface area contributed by atoms with Gasteiger partial charge in [0.05, 0.1) is 0 Å². The van der Waals surface area contributed by atoms with Crippen LogP contribution in [-0.2, 0) is 15.1 Å². The van der Waals surface area contributed by atoms with Crippen molar-refractivity contribution in [1.82, 2.24) is 4.90 Å². The Morgan fingerprint density at radius 2 is 2.04 bits per heavy atom. The quantitative estimate of drug-likeness (QED) is 0.654. The summed E-state index contributed by atoms with van der Waals surface area (Å²) in [7, 11) is 2.07. The number of likely N-dealkylation sites (N-methyl/N-ethyl adjacent to an activating group) is 1. The van der Waals surface area contributed by atoms with Gasteiger partial charge in [0.1, 0.15) is 6.61 Å². The molecule has 3 rings (SSSR count). The summed E-state index contributed by atoms with van der Waals surface area (Å²) in [5.74, 6) is -0.544. The van der Waals surface area contributed by atoms with Gasteiger partial charge in [0.25, 0.3) is 0 Å². The highest BCUT2D eigenvalue weighted by Crippen LogP contribution is 2.43. The number of halogens is 1. The minimum absolute atomic E-state index is 0. The van der Waals surface area contributed by atoms with Gasteiger partial charge in [-0.15, -0.1) is 12.4 Å². The second-order valence-electron chi connectivity index (χ2n) is 6.71. The monoisotopic (exact) mass is 351 g/mol. The summed E-state index contributed by atoms with van der Waals surface area (Å²) in [5, 5.41) is 11.1. The number of nitrogens with zero attached hydrogens (tertiary/aromatic N) is 1. The molecule has 1 aliphatic heterocycles. The van der Waals surface area contributed by atoms with Crippen molar-refractivity contribution in [2.24, 2.45) is 5.92 Å². The summed E-state index contributed by atoms with van der Waals surface area (Å²) >= 11 is 0. The molecular weight excluding hydrogens is 326 g/mol. The molecule has 1 aromatic rings. The summed E-state index contributed by atoms with van der Waals surface area (Å²) in [4.78, 5) is 14.9. The lowest BCUT2D eigenvalue weighted by Crippen LogP contribution is -2.47. The van der Waals surface area contributed by atoms with Crippen molar-refractivity contribution in [2.45, 2.75) is 31.3 Å². The first-order valence-corrected chi connectivity index (χ1v) is 8.42. The molecule has 1 atom stereocenters. The van der Waals surface area contributed by atoms with Gasteiger partial charge in [-0.2, -0.15) is 0 Å². The molecule has 24 heavy (non-hydrogen) atoms. The second-order valence-corrected chi connectivity index (χ2v) is 6.71. The first kappa shape index (κ1) is 19.0. The number of benzene rings is 1. The van der Waals surface area contributed by atoms with E-state index < -0.39 is 11.6 Å². The van der Waals surface area contributed by atoms with Crippen LogP contribution in [-0.4, -0.2) is 42.7 Å². The Balaban J connectivity index is 0.00000208. The van der Waals surface area contributed by atoms with E-state index in [1.54, 1.807) is 0 Å². The maximum atomic E-state index is 12.7. The van der Waals surface area contributed by atoms with Gasteiger partial charge in [0.15, 0.2) is 5.60 Å². The third kappa shape index (κ3) is 3.82. The number of esters is 1. The molecule has 1 fully saturated rings. The minimum Gasteiger partial charge on any atom is -0.459 e. The highest BCUT2D eigenvalue weighted by molar-refractivity contribution is 5.85. The molecule has 0 saturated heterocycles. The number of carbonyl (C=O) groups is 1. The number of hydrogen-bond acceptors (Lipinski definition) is 4.